The van der Waals surface area contributed by atoms with Crippen LogP contribution in [0.1, 0.15) is 18.1 Å². The molecule has 214 valence electrons. The second-order valence-electron chi connectivity index (χ2n) is 11.0. The Balaban J connectivity index is 1.66. The number of methoxy groups -OCH3 is 1. The molecule has 2 N–H and O–H groups in total. The minimum absolute atomic E-state index is 0.234. The Morgan fingerprint density at radius 3 is 1.88 bits per heavy atom. The van der Waals surface area contributed by atoms with Gasteiger partial charge in [-0.15, -0.1) is 0 Å². The standard InChI is InChI=1S/C32H41NO6Si/c1-23(34)33-28-30(37-20-24-14-8-5-9-15-24)31(38-21-25-16-10-6-11-17-25)29(39-32(28)36-2)27(35)22-40(3,4)26-18-12-7-13-19-26/h5-19,27-32,35H,20-22H2,1-4H3,(H,33,34)/t27-,28+,29+,30+,31+,32+/m0/s1. The Hall–Kier alpha value is -2.85. The van der Waals surface area contributed by atoms with Gasteiger partial charge in [0.2, 0.25) is 5.91 Å². The number of carbonyl (C=O) groups is 1. The minimum atomic E-state index is -2.05. The van der Waals surface area contributed by atoms with Gasteiger partial charge < -0.3 is 29.4 Å². The third-order valence-electron chi connectivity index (χ3n) is 7.41. The fraction of sp³-hybridized carbons (Fsp3) is 0.406. The Labute approximate surface area is 238 Å². The molecule has 1 aliphatic heterocycles. The maximum Gasteiger partial charge on any atom is 0.217 e. The second kappa shape index (κ2) is 14.2. The summed E-state index contributed by atoms with van der Waals surface area (Å²) in [4.78, 5) is 12.3. The van der Waals surface area contributed by atoms with E-state index in [4.69, 9.17) is 18.9 Å². The zero-order chi connectivity index (χ0) is 28.5. The Kier molecular flexibility index (Phi) is 10.7. The number of ether oxygens (including phenoxy) is 4. The van der Waals surface area contributed by atoms with Gasteiger partial charge in [-0.3, -0.25) is 4.79 Å². The number of aliphatic hydroxyl groups excluding tert-OH is 1. The Bertz CT molecular complexity index is 1180. The molecular weight excluding hydrogens is 522 g/mol. The van der Waals surface area contributed by atoms with Gasteiger partial charge in [0, 0.05) is 14.0 Å². The Morgan fingerprint density at radius 2 is 1.38 bits per heavy atom. The monoisotopic (exact) mass is 563 g/mol. The lowest BCUT2D eigenvalue weighted by Crippen LogP contribution is -2.67. The minimum Gasteiger partial charge on any atom is -0.391 e. The van der Waals surface area contributed by atoms with Crippen LogP contribution in [0.4, 0.5) is 0 Å². The lowest BCUT2D eigenvalue weighted by Gasteiger charge is -2.47. The third-order valence-corrected chi connectivity index (χ3v) is 10.7. The highest BCUT2D eigenvalue weighted by Gasteiger charge is 2.51. The summed E-state index contributed by atoms with van der Waals surface area (Å²) in [5.74, 6) is -0.234. The van der Waals surface area contributed by atoms with E-state index in [0.717, 1.165) is 11.1 Å². The largest absolute Gasteiger partial charge is 0.391 e. The van der Waals surface area contributed by atoms with Crippen LogP contribution in [0.3, 0.4) is 0 Å². The molecule has 0 saturated carbocycles. The molecule has 40 heavy (non-hydrogen) atoms. The lowest BCUT2D eigenvalue weighted by molar-refractivity contribution is -0.291. The molecule has 0 radical (unpaired) electrons. The summed E-state index contributed by atoms with van der Waals surface area (Å²) >= 11 is 0. The first-order chi connectivity index (χ1) is 19.3. The van der Waals surface area contributed by atoms with Crippen LogP contribution >= 0.6 is 0 Å². The van der Waals surface area contributed by atoms with Crippen molar-refractivity contribution in [2.75, 3.05) is 7.11 Å². The van der Waals surface area contributed by atoms with E-state index in [2.05, 4.69) is 30.5 Å². The summed E-state index contributed by atoms with van der Waals surface area (Å²) in [5, 5.41) is 16.0. The highest BCUT2D eigenvalue weighted by Crippen LogP contribution is 2.32. The maximum atomic E-state index is 12.3. The fourth-order valence-electron chi connectivity index (χ4n) is 5.33. The van der Waals surface area contributed by atoms with Crippen molar-refractivity contribution in [2.24, 2.45) is 0 Å². The molecule has 4 rings (SSSR count). The molecule has 0 aromatic heterocycles. The molecule has 3 aromatic carbocycles. The summed E-state index contributed by atoms with van der Waals surface area (Å²) in [7, 11) is -0.516. The highest BCUT2D eigenvalue weighted by molar-refractivity contribution is 6.89. The van der Waals surface area contributed by atoms with Crippen LogP contribution in [0.15, 0.2) is 91.0 Å². The van der Waals surface area contributed by atoms with Gasteiger partial charge in [0.15, 0.2) is 6.29 Å². The molecule has 1 aliphatic rings. The zero-order valence-corrected chi connectivity index (χ0v) is 24.7. The predicted octanol–water partition coefficient (Wildman–Crippen LogP) is 4.01. The molecule has 1 saturated heterocycles. The Morgan fingerprint density at radius 1 is 0.875 bits per heavy atom. The van der Waals surface area contributed by atoms with E-state index in [9.17, 15) is 9.90 Å². The zero-order valence-electron chi connectivity index (χ0n) is 23.7. The molecule has 3 aromatic rings. The molecule has 0 aliphatic carbocycles. The van der Waals surface area contributed by atoms with Gasteiger partial charge in [-0.25, -0.2) is 0 Å². The number of nitrogens with one attached hydrogen (secondary N) is 1. The van der Waals surface area contributed by atoms with E-state index in [0.29, 0.717) is 19.3 Å². The maximum absolute atomic E-state index is 12.3. The van der Waals surface area contributed by atoms with Crippen molar-refractivity contribution in [3.05, 3.63) is 102 Å². The number of benzene rings is 3. The molecule has 0 unspecified atom stereocenters. The summed E-state index contributed by atoms with van der Waals surface area (Å²) in [5.41, 5.74) is 1.97. The average molecular weight is 564 g/mol. The summed E-state index contributed by atoms with van der Waals surface area (Å²) in [6.45, 7) is 6.54. The number of aliphatic hydroxyl groups is 1. The van der Waals surface area contributed by atoms with Gasteiger partial charge in [-0.05, 0) is 17.2 Å². The number of amides is 1. The molecule has 1 amide bonds. The van der Waals surface area contributed by atoms with Gasteiger partial charge >= 0.3 is 0 Å². The van der Waals surface area contributed by atoms with Crippen LogP contribution in [-0.2, 0) is 37.0 Å². The number of hydrogen-bond acceptors (Lipinski definition) is 6. The molecule has 6 atom stereocenters. The molecule has 0 bridgehead atoms. The summed E-state index contributed by atoms with van der Waals surface area (Å²) in [6, 6.07) is 29.9. The number of hydrogen-bond donors (Lipinski definition) is 2. The first kappa shape index (κ1) is 30.1. The molecule has 0 spiro atoms. The third kappa shape index (κ3) is 7.87. The number of carbonyl (C=O) groups excluding carboxylic acids is 1. The fourth-order valence-corrected chi connectivity index (χ4v) is 7.94. The molecule has 1 heterocycles. The van der Waals surface area contributed by atoms with Crippen molar-refractivity contribution < 1.29 is 28.8 Å². The van der Waals surface area contributed by atoms with Crippen LogP contribution < -0.4 is 10.5 Å². The molecule has 8 heteroatoms. The van der Waals surface area contributed by atoms with E-state index >= 15 is 0 Å². The molecule has 7 nitrogen and oxygen atoms in total. The van der Waals surface area contributed by atoms with Gasteiger partial charge in [0.1, 0.15) is 24.4 Å². The predicted molar refractivity (Wildman–Crippen MR) is 158 cm³/mol. The van der Waals surface area contributed by atoms with Crippen molar-refractivity contribution in [3.63, 3.8) is 0 Å². The van der Waals surface area contributed by atoms with E-state index < -0.39 is 44.8 Å². The normalized spacial score (nSPS) is 23.9. The van der Waals surface area contributed by atoms with Gasteiger partial charge in [-0.2, -0.15) is 0 Å². The molecular formula is C32H41NO6Si. The van der Waals surface area contributed by atoms with Crippen LogP contribution in [0.2, 0.25) is 19.1 Å². The molecule has 1 fully saturated rings. The lowest BCUT2D eigenvalue weighted by atomic mass is 9.93. The van der Waals surface area contributed by atoms with Crippen molar-refractivity contribution in [1.82, 2.24) is 5.32 Å². The van der Waals surface area contributed by atoms with Crippen molar-refractivity contribution >= 4 is 19.2 Å². The quantitative estimate of drug-likeness (QED) is 0.324. The van der Waals surface area contributed by atoms with Gasteiger partial charge in [0.25, 0.3) is 0 Å². The summed E-state index contributed by atoms with van der Waals surface area (Å²) in [6.07, 6.45) is -3.74. The van der Waals surface area contributed by atoms with Gasteiger partial charge in [-0.1, -0.05) is 109 Å². The average Bonchev–Trinajstić information content (AvgIpc) is 2.96. The van der Waals surface area contributed by atoms with Crippen molar-refractivity contribution in [1.29, 1.82) is 0 Å². The first-order valence-corrected chi connectivity index (χ1v) is 17.0. The SMILES string of the molecule is CO[C@@H]1O[C@H]([C@@H](O)C[Si](C)(C)c2ccccc2)[C@@H](OCc2ccccc2)[C@H](OCc2ccccc2)[C@H]1NC(C)=O. The van der Waals surface area contributed by atoms with Crippen LogP contribution in [0.25, 0.3) is 0 Å². The topological polar surface area (TPSA) is 86.2 Å². The van der Waals surface area contributed by atoms with Crippen molar-refractivity contribution in [2.45, 2.75) is 76.0 Å². The van der Waals surface area contributed by atoms with Crippen LogP contribution in [0.5, 0.6) is 0 Å². The number of rotatable bonds is 12. The highest BCUT2D eigenvalue weighted by atomic mass is 28.3. The van der Waals surface area contributed by atoms with E-state index in [-0.39, 0.29) is 5.91 Å². The summed E-state index contributed by atoms with van der Waals surface area (Å²) < 4.78 is 25.2. The second-order valence-corrected chi connectivity index (χ2v) is 15.7. The first-order valence-electron chi connectivity index (χ1n) is 13.8. The van der Waals surface area contributed by atoms with Crippen LogP contribution in [0, 0.1) is 0 Å². The van der Waals surface area contributed by atoms with E-state index in [1.54, 1.807) is 0 Å². The van der Waals surface area contributed by atoms with E-state index in [1.807, 2.05) is 78.9 Å². The smallest absolute Gasteiger partial charge is 0.217 e. The van der Waals surface area contributed by atoms with Gasteiger partial charge in [0.05, 0.1) is 27.4 Å². The van der Waals surface area contributed by atoms with E-state index in [1.165, 1.54) is 19.2 Å². The van der Waals surface area contributed by atoms with Crippen LogP contribution in [-0.4, -0.2) is 62.9 Å². The van der Waals surface area contributed by atoms with Crippen molar-refractivity contribution in [3.8, 4) is 0 Å².